The van der Waals surface area contributed by atoms with Crippen LogP contribution in [0.5, 0.6) is 0 Å². The molecule has 2 amide bonds. The van der Waals surface area contributed by atoms with Gasteiger partial charge in [-0.3, -0.25) is 10.00 Å². The lowest BCUT2D eigenvalue weighted by Gasteiger charge is -2.08. The minimum Gasteiger partial charge on any atom is -0.393 e. The van der Waals surface area contributed by atoms with Crippen LogP contribution in [0.15, 0.2) is 6.07 Å². The quantitative estimate of drug-likeness (QED) is 0.714. The number of nitrogens with one attached hydrogen (secondary N) is 2. The zero-order valence-electron chi connectivity index (χ0n) is 10.5. The highest BCUT2D eigenvalue weighted by atomic mass is 16.3. The van der Waals surface area contributed by atoms with E-state index < -0.39 is 6.10 Å². The van der Waals surface area contributed by atoms with Gasteiger partial charge in [-0.1, -0.05) is 6.92 Å². The summed E-state index contributed by atoms with van der Waals surface area (Å²) in [7, 11) is 1.78. The number of urea groups is 1. The van der Waals surface area contributed by atoms with Gasteiger partial charge in [-0.25, -0.2) is 4.79 Å². The van der Waals surface area contributed by atoms with Gasteiger partial charge in [0.15, 0.2) is 0 Å². The number of carbonyl (C=O) groups is 1. The molecule has 1 heterocycles. The van der Waals surface area contributed by atoms with Crippen LogP contribution in [0.2, 0.25) is 0 Å². The number of aromatic nitrogens is 2. The third kappa shape index (κ3) is 4.44. The molecule has 0 aliphatic carbocycles. The maximum Gasteiger partial charge on any atom is 0.320 e. The predicted molar refractivity (Wildman–Crippen MR) is 65.9 cm³/mol. The van der Waals surface area contributed by atoms with E-state index in [1.165, 1.54) is 0 Å². The first kappa shape index (κ1) is 13.5. The standard InChI is InChI=1S/C11H20N4O2/c1-4-9-7-10(15(3)14-9)13-11(17)12-6-5-8(2)16/h7-8,16H,4-6H2,1-3H3,(H2,12,13,17). The van der Waals surface area contributed by atoms with Gasteiger partial charge in [0, 0.05) is 19.7 Å². The van der Waals surface area contributed by atoms with Crippen molar-refractivity contribution >= 4 is 11.8 Å². The normalized spacial score (nSPS) is 12.2. The molecule has 96 valence electrons. The molecule has 1 atom stereocenters. The van der Waals surface area contributed by atoms with Gasteiger partial charge in [-0.15, -0.1) is 0 Å². The molecule has 6 nitrogen and oxygen atoms in total. The number of nitrogens with zero attached hydrogens (tertiary/aromatic N) is 2. The monoisotopic (exact) mass is 240 g/mol. The summed E-state index contributed by atoms with van der Waals surface area (Å²) < 4.78 is 1.63. The number of aryl methyl sites for hydroxylation is 2. The lowest BCUT2D eigenvalue weighted by molar-refractivity contribution is 0.184. The highest BCUT2D eigenvalue weighted by Crippen LogP contribution is 2.08. The molecular formula is C11H20N4O2. The number of aliphatic hydroxyl groups is 1. The van der Waals surface area contributed by atoms with Crippen molar-refractivity contribution in [2.24, 2.45) is 7.05 Å². The molecule has 0 aliphatic heterocycles. The maximum atomic E-state index is 11.5. The van der Waals surface area contributed by atoms with Crippen LogP contribution < -0.4 is 10.6 Å². The van der Waals surface area contributed by atoms with E-state index >= 15 is 0 Å². The number of hydrogen-bond donors (Lipinski definition) is 3. The van der Waals surface area contributed by atoms with Crippen LogP contribution >= 0.6 is 0 Å². The molecule has 0 aliphatic rings. The van der Waals surface area contributed by atoms with Crippen molar-refractivity contribution in [1.82, 2.24) is 15.1 Å². The number of amides is 2. The van der Waals surface area contributed by atoms with Gasteiger partial charge in [0.05, 0.1) is 11.8 Å². The first-order valence-corrected chi connectivity index (χ1v) is 5.78. The van der Waals surface area contributed by atoms with Crippen LogP contribution in [0.3, 0.4) is 0 Å². The molecule has 3 N–H and O–H groups in total. The summed E-state index contributed by atoms with van der Waals surface area (Å²) in [4.78, 5) is 11.5. The van der Waals surface area contributed by atoms with Gasteiger partial charge >= 0.3 is 6.03 Å². The van der Waals surface area contributed by atoms with Crippen molar-refractivity contribution in [3.05, 3.63) is 11.8 Å². The molecule has 0 bridgehead atoms. The van der Waals surface area contributed by atoms with Crippen molar-refractivity contribution in [2.75, 3.05) is 11.9 Å². The van der Waals surface area contributed by atoms with E-state index in [2.05, 4.69) is 15.7 Å². The van der Waals surface area contributed by atoms with Crippen LogP contribution in [0.25, 0.3) is 0 Å². The van der Waals surface area contributed by atoms with Gasteiger partial charge in [-0.2, -0.15) is 5.10 Å². The Morgan fingerprint density at radius 2 is 2.35 bits per heavy atom. The van der Waals surface area contributed by atoms with Crippen LogP contribution in [-0.2, 0) is 13.5 Å². The fraction of sp³-hybridized carbons (Fsp3) is 0.636. The first-order chi connectivity index (χ1) is 8.02. The minimum absolute atomic E-state index is 0.281. The molecule has 0 radical (unpaired) electrons. The van der Waals surface area contributed by atoms with Gasteiger partial charge in [0.2, 0.25) is 0 Å². The Bertz CT molecular complexity index is 374. The van der Waals surface area contributed by atoms with Crippen molar-refractivity contribution in [2.45, 2.75) is 32.8 Å². The SMILES string of the molecule is CCc1cc(NC(=O)NCCC(C)O)n(C)n1. The fourth-order valence-electron chi connectivity index (χ4n) is 1.37. The average molecular weight is 240 g/mol. The fourth-order valence-corrected chi connectivity index (χ4v) is 1.37. The van der Waals surface area contributed by atoms with E-state index in [-0.39, 0.29) is 6.03 Å². The molecule has 0 fully saturated rings. The van der Waals surface area contributed by atoms with E-state index in [0.717, 1.165) is 12.1 Å². The van der Waals surface area contributed by atoms with Crippen molar-refractivity contribution in [3.8, 4) is 0 Å². The molecule has 1 aromatic heterocycles. The van der Waals surface area contributed by atoms with E-state index in [0.29, 0.717) is 18.8 Å². The molecule has 0 spiro atoms. The van der Waals surface area contributed by atoms with Crippen molar-refractivity contribution in [3.63, 3.8) is 0 Å². The Morgan fingerprint density at radius 3 is 2.88 bits per heavy atom. The Kier molecular flexibility index (Phi) is 4.96. The van der Waals surface area contributed by atoms with Crippen LogP contribution in [-0.4, -0.2) is 33.6 Å². The summed E-state index contributed by atoms with van der Waals surface area (Å²) in [5.41, 5.74) is 0.937. The second kappa shape index (κ2) is 6.24. The molecule has 1 unspecified atom stereocenters. The first-order valence-electron chi connectivity index (χ1n) is 5.78. The zero-order valence-corrected chi connectivity index (χ0v) is 10.5. The number of anilines is 1. The summed E-state index contributed by atoms with van der Waals surface area (Å²) in [5, 5.41) is 18.6. The Balaban J connectivity index is 2.42. The summed E-state index contributed by atoms with van der Waals surface area (Å²) in [6, 6.07) is 1.56. The summed E-state index contributed by atoms with van der Waals surface area (Å²) >= 11 is 0. The van der Waals surface area contributed by atoms with Crippen molar-refractivity contribution < 1.29 is 9.90 Å². The molecule has 17 heavy (non-hydrogen) atoms. The van der Waals surface area contributed by atoms with E-state index in [4.69, 9.17) is 5.11 Å². The molecule has 1 rings (SSSR count). The third-order valence-electron chi connectivity index (χ3n) is 2.38. The lowest BCUT2D eigenvalue weighted by Crippen LogP contribution is -2.31. The number of rotatable bonds is 5. The molecule has 1 aromatic rings. The smallest absolute Gasteiger partial charge is 0.320 e. The highest BCUT2D eigenvalue weighted by molar-refractivity contribution is 5.88. The topological polar surface area (TPSA) is 79.2 Å². The largest absolute Gasteiger partial charge is 0.393 e. The molecule has 0 aromatic carbocycles. The summed E-state index contributed by atoms with van der Waals surface area (Å²) in [6.07, 6.45) is 0.969. The number of aliphatic hydroxyl groups excluding tert-OH is 1. The highest BCUT2D eigenvalue weighted by Gasteiger charge is 2.07. The minimum atomic E-state index is -0.404. The predicted octanol–water partition coefficient (Wildman–Crippen LogP) is 0.875. The summed E-state index contributed by atoms with van der Waals surface area (Å²) in [5.74, 6) is 0.663. The number of carbonyl (C=O) groups excluding carboxylic acids is 1. The average Bonchev–Trinajstić information content (AvgIpc) is 2.59. The molecule has 0 saturated heterocycles. The number of hydrogen-bond acceptors (Lipinski definition) is 3. The third-order valence-corrected chi connectivity index (χ3v) is 2.38. The molecule has 0 saturated carbocycles. The van der Waals surface area contributed by atoms with Crippen LogP contribution in [0.4, 0.5) is 10.6 Å². The van der Waals surface area contributed by atoms with Gasteiger partial charge in [-0.05, 0) is 19.8 Å². The van der Waals surface area contributed by atoms with Gasteiger partial charge < -0.3 is 10.4 Å². The maximum absolute atomic E-state index is 11.5. The van der Waals surface area contributed by atoms with E-state index in [9.17, 15) is 4.79 Å². The second-order valence-electron chi connectivity index (χ2n) is 4.02. The Morgan fingerprint density at radius 1 is 1.65 bits per heavy atom. The zero-order chi connectivity index (χ0) is 12.8. The van der Waals surface area contributed by atoms with E-state index in [1.54, 1.807) is 18.7 Å². The Labute approximate surface area is 101 Å². The van der Waals surface area contributed by atoms with Gasteiger partial charge in [0.1, 0.15) is 5.82 Å². The second-order valence-corrected chi connectivity index (χ2v) is 4.02. The van der Waals surface area contributed by atoms with E-state index in [1.807, 2.05) is 13.0 Å². The molecule has 6 heteroatoms. The van der Waals surface area contributed by atoms with Crippen LogP contribution in [0.1, 0.15) is 26.0 Å². The van der Waals surface area contributed by atoms with Crippen LogP contribution in [0, 0.1) is 0 Å². The lowest BCUT2D eigenvalue weighted by atomic mass is 10.3. The van der Waals surface area contributed by atoms with Gasteiger partial charge in [0.25, 0.3) is 0 Å². The Hall–Kier alpha value is -1.56. The molecular weight excluding hydrogens is 220 g/mol. The van der Waals surface area contributed by atoms with Crippen molar-refractivity contribution in [1.29, 1.82) is 0 Å². The summed E-state index contributed by atoms with van der Waals surface area (Å²) in [6.45, 7) is 4.14.